The minimum absolute atomic E-state index is 0.465. The monoisotopic (exact) mass is 299 g/mol. The van der Waals surface area contributed by atoms with Crippen LogP contribution in [0.2, 0.25) is 5.02 Å². The van der Waals surface area contributed by atoms with E-state index in [0.717, 1.165) is 18.5 Å². The third kappa shape index (κ3) is 3.13. The van der Waals surface area contributed by atoms with Crippen molar-refractivity contribution in [3.8, 4) is 17.2 Å². The minimum atomic E-state index is 0.465. The Morgan fingerprint density at radius 2 is 1.90 bits per heavy atom. The highest BCUT2D eigenvalue weighted by atomic mass is 35.5. The lowest BCUT2D eigenvalue weighted by Crippen LogP contribution is -2.35. The van der Waals surface area contributed by atoms with Crippen molar-refractivity contribution in [1.29, 1.82) is 0 Å². The van der Waals surface area contributed by atoms with Crippen molar-refractivity contribution in [3.05, 3.63) is 16.7 Å². The van der Waals surface area contributed by atoms with E-state index in [1.54, 1.807) is 21.3 Å². The normalized spacial score (nSPS) is 18.7. The van der Waals surface area contributed by atoms with Gasteiger partial charge in [0.1, 0.15) is 10.8 Å². The fraction of sp³-hybridized carbons (Fsp3) is 0.600. The SMILES string of the molecule is COc1cc(CC2CCCCN2)c(OC)c(Cl)c1OC. The van der Waals surface area contributed by atoms with E-state index in [1.807, 2.05) is 6.07 Å². The van der Waals surface area contributed by atoms with Gasteiger partial charge in [-0.05, 0) is 31.9 Å². The number of methoxy groups -OCH3 is 3. The zero-order chi connectivity index (χ0) is 14.5. The predicted octanol–water partition coefficient (Wildman–Crippen LogP) is 3.05. The molecule has 112 valence electrons. The van der Waals surface area contributed by atoms with Crippen LogP contribution in [0.15, 0.2) is 6.07 Å². The van der Waals surface area contributed by atoms with E-state index in [4.69, 9.17) is 25.8 Å². The summed E-state index contributed by atoms with van der Waals surface area (Å²) in [4.78, 5) is 0. The smallest absolute Gasteiger partial charge is 0.183 e. The average molecular weight is 300 g/mol. The third-order valence-corrected chi connectivity index (χ3v) is 4.07. The predicted molar refractivity (Wildman–Crippen MR) is 80.5 cm³/mol. The lowest BCUT2D eigenvalue weighted by molar-refractivity contribution is 0.344. The molecule has 0 radical (unpaired) electrons. The molecule has 0 bridgehead atoms. The molecule has 1 heterocycles. The summed E-state index contributed by atoms with van der Waals surface area (Å²) >= 11 is 6.37. The fourth-order valence-corrected chi connectivity index (χ4v) is 3.09. The van der Waals surface area contributed by atoms with E-state index >= 15 is 0 Å². The summed E-state index contributed by atoms with van der Waals surface area (Å²) < 4.78 is 16.1. The Kier molecular flexibility index (Phi) is 5.38. The molecular formula is C15H22ClNO3. The third-order valence-electron chi connectivity index (χ3n) is 3.73. The largest absolute Gasteiger partial charge is 0.495 e. The summed E-state index contributed by atoms with van der Waals surface area (Å²) in [5, 5.41) is 4.01. The van der Waals surface area contributed by atoms with Gasteiger partial charge in [-0.3, -0.25) is 0 Å². The molecule has 1 aromatic carbocycles. The van der Waals surface area contributed by atoms with Gasteiger partial charge in [0, 0.05) is 11.6 Å². The fourth-order valence-electron chi connectivity index (χ4n) is 2.72. The van der Waals surface area contributed by atoms with E-state index in [1.165, 1.54) is 19.3 Å². The first kappa shape index (κ1) is 15.3. The van der Waals surface area contributed by atoms with E-state index in [9.17, 15) is 0 Å². The van der Waals surface area contributed by atoms with Gasteiger partial charge in [0.2, 0.25) is 0 Å². The average Bonchev–Trinajstić information content (AvgIpc) is 2.48. The first-order chi connectivity index (χ1) is 9.71. The van der Waals surface area contributed by atoms with Gasteiger partial charge in [-0.1, -0.05) is 18.0 Å². The maximum atomic E-state index is 6.37. The van der Waals surface area contributed by atoms with Crippen LogP contribution < -0.4 is 19.5 Å². The second-order valence-electron chi connectivity index (χ2n) is 4.97. The highest BCUT2D eigenvalue weighted by Crippen LogP contribution is 2.44. The topological polar surface area (TPSA) is 39.7 Å². The van der Waals surface area contributed by atoms with Crippen molar-refractivity contribution in [2.24, 2.45) is 0 Å². The van der Waals surface area contributed by atoms with E-state index in [-0.39, 0.29) is 0 Å². The Labute approximate surface area is 125 Å². The van der Waals surface area contributed by atoms with Crippen LogP contribution in [0, 0.1) is 0 Å². The number of hydrogen-bond donors (Lipinski definition) is 1. The highest BCUT2D eigenvalue weighted by molar-refractivity contribution is 6.34. The molecule has 20 heavy (non-hydrogen) atoms. The molecule has 1 aliphatic heterocycles. The van der Waals surface area contributed by atoms with Crippen LogP contribution in [0.1, 0.15) is 24.8 Å². The number of rotatable bonds is 5. The van der Waals surface area contributed by atoms with Crippen LogP contribution in [0.4, 0.5) is 0 Å². The summed E-state index contributed by atoms with van der Waals surface area (Å²) in [6.45, 7) is 1.08. The first-order valence-corrected chi connectivity index (χ1v) is 7.29. The summed E-state index contributed by atoms with van der Waals surface area (Å²) in [6, 6.07) is 2.42. The first-order valence-electron chi connectivity index (χ1n) is 6.92. The van der Waals surface area contributed by atoms with Gasteiger partial charge < -0.3 is 19.5 Å². The molecule has 1 N–H and O–H groups in total. The quantitative estimate of drug-likeness (QED) is 0.907. The Hall–Kier alpha value is -1.13. The molecule has 1 saturated heterocycles. The summed E-state index contributed by atoms with van der Waals surface area (Å²) in [6.07, 6.45) is 4.57. The van der Waals surface area contributed by atoms with Crippen molar-refractivity contribution >= 4 is 11.6 Å². The Bertz CT molecular complexity index is 459. The van der Waals surface area contributed by atoms with Gasteiger partial charge in [-0.25, -0.2) is 0 Å². The maximum absolute atomic E-state index is 6.37. The molecule has 0 spiro atoms. The van der Waals surface area contributed by atoms with E-state index in [2.05, 4.69) is 5.32 Å². The van der Waals surface area contributed by atoms with Crippen LogP contribution in [0.25, 0.3) is 0 Å². The number of piperidine rings is 1. The standard InChI is InChI=1S/C15H22ClNO3/c1-18-12-9-10(8-11-6-4-5-7-17-11)14(19-2)13(16)15(12)20-3/h9,11,17H,4-8H2,1-3H3. The number of nitrogens with one attached hydrogen (secondary N) is 1. The van der Waals surface area contributed by atoms with Crippen LogP contribution in [-0.4, -0.2) is 33.9 Å². The van der Waals surface area contributed by atoms with Gasteiger partial charge >= 0.3 is 0 Å². The Balaban J connectivity index is 2.32. The van der Waals surface area contributed by atoms with Crippen LogP contribution in [0.3, 0.4) is 0 Å². The molecule has 1 fully saturated rings. The second kappa shape index (κ2) is 7.04. The molecule has 1 aromatic rings. The maximum Gasteiger partial charge on any atom is 0.183 e. The van der Waals surface area contributed by atoms with Gasteiger partial charge in [0.15, 0.2) is 11.5 Å². The van der Waals surface area contributed by atoms with Gasteiger partial charge in [0.25, 0.3) is 0 Å². The highest BCUT2D eigenvalue weighted by Gasteiger charge is 2.22. The van der Waals surface area contributed by atoms with E-state index < -0.39 is 0 Å². The molecule has 2 rings (SSSR count). The number of halogens is 1. The minimum Gasteiger partial charge on any atom is -0.495 e. The summed E-state index contributed by atoms with van der Waals surface area (Å²) in [5.41, 5.74) is 1.05. The van der Waals surface area contributed by atoms with Gasteiger partial charge in [-0.15, -0.1) is 0 Å². The number of benzene rings is 1. The molecule has 0 amide bonds. The molecule has 1 unspecified atom stereocenters. The number of hydrogen-bond acceptors (Lipinski definition) is 4. The van der Waals surface area contributed by atoms with E-state index in [0.29, 0.717) is 28.3 Å². The van der Waals surface area contributed by atoms with Gasteiger partial charge in [0.05, 0.1) is 21.3 Å². The van der Waals surface area contributed by atoms with Crippen LogP contribution in [-0.2, 0) is 6.42 Å². The van der Waals surface area contributed by atoms with Crippen molar-refractivity contribution in [1.82, 2.24) is 5.32 Å². The Morgan fingerprint density at radius 3 is 2.45 bits per heavy atom. The van der Waals surface area contributed by atoms with Crippen molar-refractivity contribution in [2.45, 2.75) is 31.7 Å². The lowest BCUT2D eigenvalue weighted by atomic mass is 9.97. The number of ether oxygens (including phenoxy) is 3. The summed E-state index contributed by atoms with van der Waals surface area (Å²) in [7, 11) is 4.82. The molecule has 5 heteroatoms. The molecule has 1 atom stereocenters. The Morgan fingerprint density at radius 1 is 1.15 bits per heavy atom. The van der Waals surface area contributed by atoms with Crippen LogP contribution >= 0.6 is 11.6 Å². The molecule has 4 nitrogen and oxygen atoms in total. The molecule has 0 aromatic heterocycles. The van der Waals surface area contributed by atoms with Gasteiger partial charge in [-0.2, -0.15) is 0 Å². The van der Waals surface area contributed by atoms with Crippen molar-refractivity contribution in [3.63, 3.8) is 0 Å². The molecule has 1 aliphatic rings. The summed E-state index contributed by atoms with van der Waals surface area (Å²) in [5.74, 6) is 1.84. The second-order valence-corrected chi connectivity index (χ2v) is 5.35. The van der Waals surface area contributed by atoms with Crippen LogP contribution in [0.5, 0.6) is 17.2 Å². The molecular weight excluding hydrogens is 278 g/mol. The molecule has 0 saturated carbocycles. The zero-order valence-electron chi connectivity index (χ0n) is 12.3. The zero-order valence-corrected chi connectivity index (χ0v) is 13.0. The molecule has 0 aliphatic carbocycles. The van der Waals surface area contributed by atoms with Crippen molar-refractivity contribution in [2.75, 3.05) is 27.9 Å². The van der Waals surface area contributed by atoms with Crippen molar-refractivity contribution < 1.29 is 14.2 Å². The lowest BCUT2D eigenvalue weighted by Gasteiger charge is -2.25.